The molecule has 4 rings (SSSR count). The minimum absolute atomic E-state index is 0.302. The van der Waals surface area contributed by atoms with E-state index in [9.17, 15) is 9.59 Å². The van der Waals surface area contributed by atoms with Crippen LogP contribution in [0.1, 0.15) is 102 Å². The maximum absolute atomic E-state index is 13.5. The molecule has 1 saturated carbocycles. The zero-order valence-electron chi connectivity index (χ0n) is 24.2. The summed E-state index contributed by atoms with van der Waals surface area (Å²) in [4.78, 5) is 27.0. The number of amides is 2. The van der Waals surface area contributed by atoms with Crippen molar-refractivity contribution in [2.24, 2.45) is 5.92 Å². The zero-order chi connectivity index (χ0) is 28.0. The lowest BCUT2D eigenvalue weighted by molar-refractivity contribution is -0.195. The second kappa shape index (κ2) is 15.9. The first-order chi connectivity index (χ1) is 19.5. The van der Waals surface area contributed by atoms with Crippen molar-refractivity contribution in [3.05, 3.63) is 71.8 Å². The van der Waals surface area contributed by atoms with Crippen LogP contribution in [0.2, 0.25) is 0 Å². The topological polar surface area (TPSA) is 76.7 Å². The summed E-state index contributed by atoms with van der Waals surface area (Å²) in [7, 11) is 0. The Morgan fingerprint density at radius 3 is 1.57 bits per heavy atom. The van der Waals surface area contributed by atoms with E-state index >= 15 is 0 Å². The van der Waals surface area contributed by atoms with E-state index in [1.54, 1.807) is 0 Å². The van der Waals surface area contributed by atoms with Crippen LogP contribution >= 0.6 is 0 Å². The van der Waals surface area contributed by atoms with Crippen molar-refractivity contribution in [3.8, 4) is 0 Å². The Labute approximate surface area is 240 Å². The van der Waals surface area contributed by atoms with Gasteiger partial charge in [0.2, 0.25) is 0 Å². The van der Waals surface area contributed by atoms with E-state index in [1.165, 1.54) is 51.4 Å². The standard InChI is InChI=1S/C34H48N2O4/c1-27-18-12-8-6-4-2-3-5-7-9-17-23-34(24-27)39-30(32(37)35-25-28-19-13-10-14-20-28)31(40-34)33(38)36-26-29-21-15-11-16-22-29/h10-11,13-16,19-22,27,30-31H,2-9,12,17-18,23-26H2,1H3,(H,35,37)(H,36,38)/t27-,30+,31+/m0/s1. The predicted molar refractivity (Wildman–Crippen MR) is 158 cm³/mol. The molecule has 40 heavy (non-hydrogen) atoms. The number of benzene rings is 2. The summed E-state index contributed by atoms with van der Waals surface area (Å²) in [6.45, 7) is 3.00. The molecule has 2 fully saturated rings. The molecule has 2 N–H and O–H groups in total. The SMILES string of the molecule is C[C@H]1CCCCCCCCCCCCC2(C1)O[C@@H](C(=O)NCc1ccccc1)[C@H](C(=O)NCc1ccccc1)O2. The minimum atomic E-state index is -0.992. The third-order valence-corrected chi connectivity index (χ3v) is 8.26. The number of carbonyl (C=O) groups is 2. The van der Waals surface area contributed by atoms with Gasteiger partial charge in [-0.3, -0.25) is 9.59 Å². The smallest absolute Gasteiger partial charge is 0.252 e. The van der Waals surface area contributed by atoms with Crippen LogP contribution in [0.4, 0.5) is 0 Å². The van der Waals surface area contributed by atoms with Gasteiger partial charge in [0.1, 0.15) is 0 Å². The Hall–Kier alpha value is -2.70. The average molecular weight is 549 g/mol. The quantitative estimate of drug-likeness (QED) is 0.415. The molecule has 6 heteroatoms. The highest BCUT2D eigenvalue weighted by molar-refractivity contribution is 5.91. The molecule has 1 heterocycles. The van der Waals surface area contributed by atoms with E-state index in [0.717, 1.165) is 30.4 Å². The van der Waals surface area contributed by atoms with Crippen LogP contribution in [-0.4, -0.2) is 29.8 Å². The highest BCUT2D eigenvalue weighted by Gasteiger charge is 2.53. The van der Waals surface area contributed by atoms with E-state index in [2.05, 4.69) is 17.6 Å². The summed E-state index contributed by atoms with van der Waals surface area (Å²) in [6.07, 6.45) is 12.8. The van der Waals surface area contributed by atoms with E-state index in [1.807, 2.05) is 60.7 Å². The molecule has 3 atom stereocenters. The number of nitrogens with one attached hydrogen (secondary N) is 2. The summed E-state index contributed by atoms with van der Waals surface area (Å²) in [6, 6.07) is 19.6. The van der Waals surface area contributed by atoms with Crippen LogP contribution in [-0.2, 0) is 32.2 Å². The van der Waals surface area contributed by atoms with E-state index in [4.69, 9.17) is 9.47 Å². The number of carbonyl (C=O) groups excluding carboxylic acids is 2. The molecule has 0 bridgehead atoms. The van der Waals surface area contributed by atoms with Gasteiger partial charge in [0.05, 0.1) is 0 Å². The molecule has 0 radical (unpaired) electrons. The van der Waals surface area contributed by atoms with Crippen LogP contribution in [0.25, 0.3) is 0 Å². The number of ether oxygens (including phenoxy) is 2. The number of hydrogen-bond donors (Lipinski definition) is 2. The summed E-state index contributed by atoms with van der Waals surface area (Å²) in [5.41, 5.74) is 1.99. The summed E-state index contributed by atoms with van der Waals surface area (Å²) >= 11 is 0. The fraction of sp³-hybridized carbons (Fsp3) is 0.588. The van der Waals surface area contributed by atoms with E-state index in [-0.39, 0.29) is 11.8 Å². The molecule has 1 aliphatic heterocycles. The van der Waals surface area contributed by atoms with Gasteiger partial charge in [-0.15, -0.1) is 0 Å². The van der Waals surface area contributed by atoms with Crippen molar-refractivity contribution < 1.29 is 19.1 Å². The van der Waals surface area contributed by atoms with Gasteiger partial charge in [-0.25, -0.2) is 0 Å². The number of hydrogen-bond acceptors (Lipinski definition) is 4. The summed E-state index contributed by atoms with van der Waals surface area (Å²) in [5, 5.41) is 6.00. The molecule has 2 aromatic carbocycles. The molecule has 2 amide bonds. The molecule has 0 aromatic heterocycles. The third-order valence-electron chi connectivity index (χ3n) is 8.26. The normalized spacial score (nSPS) is 24.5. The Kier molecular flexibility index (Phi) is 12.0. The fourth-order valence-electron chi connectivity index (χ4n) is 6.02. The highest BCUT2D eigenvalue weighted by atomic mass is 16.8. The maximum atomic E-state index is 13.5. The molecule has 1 aliphatic carbocycles. The monoisotopic (exact) mass is 548 g/mol. The molecular weight excluding hydrogens is 500 g/mol. The molecule has 0 unspecified atom stereocenters. The van der Waals surface area contributed by atoms with Crippen molar-refractivity contribution in [3.63, 3.8) is 0 Å². The summed E-state index contributed by atoms with van der Waals surface area (Å²) < 4.78 is 13.2. The van der Waals surface area contributed by atoms with Crippen LogP contribution in [0.3, 0.4) is 0 Å². The molecule has 6 nitrogen and oxygen atoms in total. The van der Waals surface area contributed by atoms with Gasteiger partial charge in [-0.05, 0) is 23.5 Å². The largest absolute Gasteiger partial charge is 0.350 e. The van der Waals surface area contributed by atoms with Gasteiger partial charge in [0.15, 0.2) is 18.0 Å². The second-order valence-corrected chi connectivity index (χ2v) is 11.8. The molecule has 2 aromatic rings. The molecule has 218 valence electrons. The van der Waals surface area contributed by atoms with Gasteiger partial charge in [0, 0.05) is 25.9 Å². The van der Waals surface area contributed by atoms with Crippen molar-refractivity contribution in [2.45, 2.75) is 121 Å². The highest BCUT2D eigenvalue weighted by Crippen LogP contribution is 2.40. The third kappa shape index (κ3) is 9.45. The summed E-state index contributed by atoms with van der Waals surface area (Å²) in [5.74, 6) is -1.15. The molecule has 2 aliphatic rings. The molecule has 1 spiro atoms. The lowest BCUT2D eigenvalue weighted by atomic mass is 9.92. The first-order valence-corrected chi connectivity index (χ1v) is 15.5. The Balaban J connectivity index is 1.49. The van der Waals surface area contributed by atoms with Crippen LogP contribution in [0.5, 0.6) is 0 Å². The van der Waals surface area contributed by atoms with Crippen LogP contribution in [0.15, 0.2) is 60.7 Å². The zero-order valence-corrected chi connectivity index (χ0v) is 24.2. The minimum Gasteiger partial charge on any atom is -0.350 e. The Morgan fingerprint density at radius 2 is 1.10 bits per heavy atom. The maximum Gasteiger partial charge on any atom is 0.252 e. The predicted octanol–water partition coefficient (Wildman–Crippen LogP) is 6.82. The fourth-order valence-corrected chi connectivity index (χ4v) is 6.02. The first kappa shape index (κ1) is 30.3. The van der Waals surface area contributed by atoms with Crippen molar-refractivity contribution in [1.29, 1.82) is 0 Å². The van der Waals surface area contributed by atoms with Crippen molar-refractivity contribution in [1.82, 2.24) is 10.6 Å². The van der Waals surface area contributed by atoms with Gasteiger partial charge in [0.25, 0.3) is 11.8 Å². The van der Waals surface area contributed by atoms with Gasteiger partial charge < -0.3 is 20.1 Å². The lowest BCUT2D eigenvalue weighted by Crippen LogP contribution is -2.47. The Bertz CT molecular complexity index is 965. The van der Waals surface area contributed by atoms with E-state index in [0.29, 0.717) is 31.8 Å². The number of rotatable bonds is 6. The van der Waals surface area contributed by atoms with Gasteiger partial charge in [-0.1, -0.05) is 132 Å². The van der Waals surface area contributed by atoms with Gasteiger partial charge in [-0.2, -0.15) is 0 Å². The van der Waals surface area contributed by atoms with E-state index < -0.39 is 18.0 Å². The molecule has 1 saturated heterocycles. The van der Waals surface area contributed by atoms with Crippen LogP contribution in [0, 0.1) is 5.92 Å². The second-order valence-electron chi connectivity index (χ2n) is 11.8. The molecular formula is C34H48N2O4. The van der Waals surface area contributed by atoms with Crippen LogP contribution < -0.4 is 10.6 Å². The van der Waals surface area contributed by atoms with Crippen molar-refractivity contribution in [2.75, 3.05) is 0 Å². The lowest BCUT2D eigenvalue weighted by Gasteiger charge is -2.31. The average Bonchev–Trinajstić information content (AvgIpc) is 3.35. The van der Waals surface area contributed by atoms with Gasteiger partial charge >= 0.3 is 0 Å². The first-order valence-electron chi connectivity index (χ1n) is 15.5. The Morgan fingerprint density at radius 1 is 0.675 bits per heavy atom. The van der Waals surface area contributed by atoms with Crippen molar-refractivity contribution >= 4 is 11.8 Å².